The molecule has 4 nitrogen and oxygen atoms in total. The minimum absolute atomic E-state index is 0.310. The van der Waals surface area contributed by atoms with Crippen molar-refractivity contribution in [2.75, 3.05) is 19.0 Å². The molecule has 0 saturated heterocycles. The van der Waals surface area contributed by atoms with Crippen molar-refractivity contribution in [2.45, 2.75) is 5.92 Å². The molecule has 0 aliphatic carbocycles. The molecule has 0 aliphatic heterocycles. The van der Waals surface area contributed by atoms with Gasteiger partial charge in [0, 0.05) is 18.3 Å². The van der Waals surface area contributed by atoms with Gasteiger partial charge in [0.1, 0.15) is 5.75 Å². The van der Waals surface area contributed by atoms with E-state index in [1.54, 1.807) is 7.11 Å². The SMILES string of the molecule is COc1cc(NCC(C(=O)O)c2ccccc2)ccc1Br. The van der Waals surface area contributed by atoms with Crippen molar-refractivity contribution in [3.63, 3.8) is 0 Å². The molecule has 1 atom stereocenters. The molecule has 2 N–H and O–H groups in total. The van der Waals surface area contributed by atoms with Crippen LogP contribution in [0.15, 0.2) is 53.0 Å². The molecule has 0 bridgehead atoms. The number of benzene rings is 2. The number of carbonyl (C=O) groups is 1. The van der Waals surface area contributed by atoms with Gasteiger partial charge in [-0.15, -0.1) is 0 Å². The van der Waals surface area contributed by atoms with Crippen molar-refractivity contribution in [3.05, 3.63) is 58.6 Å². The number of carboxylic acid groups (broad SMARTS) is 1. The van der Waals surface area contributed by atoms with Crippen molar-refractivity contribution >= 4 is 27.6 Å². The number of carboxylic acids is 1. The van der Waals surface area contributed by atoms with Crippen LogP contribution < -0.4 is 10.1 Å². The zero-order chi connectivity index (χ0) is 15.2. The van der Waals surface area contributed by atoms with Gasteiger partial charge in [0.2, 0.25) is 0 Å². The quantitative estimate of drug-likeness (QED) is 0.833. The highest BCUT2D eigenvalue weighted by Crippen LogP contribution is 2.28. The molecule has 0 amide bonds. The minimum Gasteiger partial charge on any atom is -0.495 e. The summed E-state index contributed by atoms with van der Waals surface area (Å²) in [4.78, 5) is 11.4. The Morgan fingerprint density at radius 2 is 2.00 bits per heavy atom. The third-order valence-corrected chi connectivity index (χ3v) is 3.82. The van der Waals surface area contributed by atoms with Crippen molar-refractivity contribution in [2.24, 2.45) is 0 Å². The average Bonchev–Trinajstić information content (AvgIpc) is 2.49. The number of hydrogen-bond donors (Lipinski definition) is 2. The second-order valence-electron chi connectivity index (χ2n) is 4.53. The molecule has 21 heavy (non-hydrogen) atoms. The average molecular weight is 350 g/mol. The summed E-state index contributed by atoms with van der Waals surface area (Å²) in [6.45, 7) is 0.310. The first kappa shape index (κ1) is 15.4. The van der Waals surface area contributed by atoms with E-state index in [1.165, 1.54) is 0 Å². The molecular weight excluding hydrogens is 334 g/mol. The number of aliphatic carboxylic acids is 1. The molecule has 2 rings (SSSR count). The second-order valence-corrected chi connectivity index (χ2v) is 5.39. The van der Waals surface area contributed by atoms with Crippen LogP contribution in [0.1, 0.15) is 11.5 Å². The molecule has 0 aromatic heterocycles. The van der Waals surface area contributed by atoms with Gasteiger partial charge in [-0.1, -0.05) is 30.3 Å². The summed E-state index contributed by atoms with van der Waals surface area (Å²) in [7, 11) is 1.59. The van der Waals surface area contributed by atoms with E-state index in [2.05, 4.69) is 21.2 Å². The van der Waals surface area contributed by atoms with E-state index in [-0.39, 0.29) is 0 Å². The van der Waals surface area contributed by atoms with E-state index < -0.39 is 11.9 Å². The van der Waals surface area contributed by atoms with Gasteiger partial charge >= 0.3 is 5.97 Å². The zero-order valence-electron chi connectivity index (χ0n) is 11.5. The van der Waals surface area contributed by atoms with Crippen LogP contribution in [-0.4, -0.2) is 24.7 Å². The molecule has 2 aromatic rings. The lowest BCUT2D eigenvalue weighted by molar-refractivity contribution is -0.138. The number of methoxy groups -OCH3 is 1. The van der Waals surface area contributed by atoms with Crippen LogP contribution in [0.3, 0.4) is 0 Å². The van der Waals surface area contributed by atoms with E-state index in [0.717, 1.165) is 15.7 Å². The Morgan fingerprint density at radius 3 is 2.62 bits per heavy atom. The normalized spacial score (nSPS) is 11.7. The van der Waals surface area contributed by atoms with E-state index in [1.807, 2.05) is 48.5 Å². The van der Waals surface area contributed by atoms with Crippen LogP contribution >= 0.6 is 15.9 Å². The lowest BCUT2D eigenvalue weighted by Gasteiger charge is -2.15. The maximum absolute atomic E-state index is 11.4. The minimum atomic E-state index is -0.849. The third-order valence-electron chi connectivity index (χ3n) is 3.16. The number of nitrogens with one attached hydrogen (secondary N) is 1. The lowest BCUT2D eigenvalue weighted by atomic mass is 9.99. The van der Waals surface area contributed by atoms with Crippen molar-refractivity contribution in [1.29, 1.82) is 0 Å². The first-order valence-electron chi connectivity index (χ1n) is 6.47. The summed E-state index contributed by atoms with van der Waals surface area (Å²) in [5.74, 6) is -0.745. The van der Waals surface area contributed by atoms with Gasteiger partial charge in [0.15, 0.2) is 0 Å². The molecule has 0 spiro atoms. The molecule has 0 aliphatic rings. The second kappa shape index (κ2) is 7.13. The predicted octanol–water partition coefficient (Wildman–Crippen LogP) is 3.74. The highest BCUT2D eigenvalue weighted by atomic mass is 79.9. The molecule has 2 aromatic carbocycles. The van der Waals surface area contributed by atoms with E-state index in [4.69, 9.17) is 4.74 Å². The summed E-state index contributed by atoms with van der Waals surface area (Å²) in [6.07, 6.45) is 0. The molecule has 0 heterocycles. The van der Waals surface area contributed by atoms with Crippen molar-refractivity contribution in [3.8, 4) is 5.75 Å². The standard InChI is InChI=1S/C16H16BrNO3/c1-21-15-9-12(7-8-14(15)17)18-10-13(16(19)20)11-5-3-2-4-6-11/h2-9,13,18H,10H2,1H3,(H,19,20). The number of anilines is 1. The summed E-state index contributed by atoms with van der Waals surface area (Å²) >= 11 is 3.38. The molecule has 1 unspecified atom stereocenters. The molecule has 0 radical (unpaired) electrons. The van der Waals surface area contributed by atoms with Gasteiger partial charge in [-0.25, -0.2) is 0 Å². The Labute approximate surface area is 131 Å². The summed E-state index contributed by atoms with van der Waals surface area (Å²) in [5, 5.41) is 12.5. The van der Waals surface area contributed by atoms with Crippen LogP contribution in [0.25, 0.3) is 0 Å². The van der Waals surface area contributed by atoms with Crippen LogP contribution in [0.2, 0.25) is 0 Å². The molecule has 110 valence electrons. The number of hydrogen-bond acceptors (Lipinski definition) is 3. The number of ether oxygens (including phenoxy) is 1. The number of rotatable bonds is 6. The maximum Gasteiger partial charge on any atom is 0.312 e. The number of halogens is 1. The lowest BCUT2D eigenvalue weighted by Crippen LogP contribution is -2.20. The topological polar surface area (TPSA) is 58.6 Å². The van der Waals surface area contributed by atoms with Crippen LogP contribution in [0.4, 0.5) is 5.69 Å². The van der Waals surface area contributed by atoms with Crippen molar-refractivity contribution < 1.29 is 14.6 Å². The van der Waals surface area contributed by atoms with Gasteiger partial charge in [0.05, 0.1) is 17.5 Å². The van der Waals surface area contributed by atoms with Gasteiger partial charge < -0.3 is 15.2 Å². The third kappa shape index (κ3) is 3.98. The fourth-order valence-electron chi connectivity index (χ4n) is 2.02. The highest BCUT2D eigenvalue weighted by Gasteiger charge is 2.19. The Bertz CT molecular complexity index is 616. The first-order chi connectivity index (χ1) is 10.1. The highest BCUT2D eigenvalue weighted by molar-refractivity contribution is 9.10. The van der Waals surface area contributed by atoms with Crippen LogP contribution in [-0.2, 0) is 4.79 Å². The predicted molar refractivity (Wildman–Crippen MR) is 86.0 cm³/mol. The van der Waals surface area contributed by atoms with Gasteiger partial charge in [0.25, 0.3) is 0 Å². The van der Waals surface area contributed by atoms with Gasteiger partial charge in [-0.2, -0.15) is 0 Å². The van der Waals surface area contributed by atoms with Crippen molar-refractivity contribution in [1.82, 2.24) is 0 Å². The Kier molecular flexibility index (Phi) is 5.22. The summed E-state index contributed by atoms with van der Waals surface area (Å²) in [6, 6.07) is 14.8. The molecule has 5 heteroatoms. The Morgan fingerprint density at radius 1 is 1.29 bits per heavy atom. The molecule has 0 saturated carbocycles. The molecule has 0 fully saturated rings. The summed E-state index contributed by atoms with van der Waals surface area (Å²) < 4.78 is 6.08. The van der Waals surface area contributed by atoms with E-state index >= 15 is 0 Å². The van der Waals surface area contributed by atoms with Gasteiger partial charge in [-0.3, -0.25) is 4.79 Å². The fourth-order valence-corrected chi connectivity index (χ4v) is 2.43. The van der Waals surface area contributed by atoms with E-state index in [0.29, 0.717) is 12.3 Å². The summed E-state index contributed by atoms with van der Waals surface area (Å²) in [5.41, 5.74) is 1.60. The monoisotopic (exact) mass is 349 g/mol. The smallest absolute Gasteiger partial charge is 0.312 e. The van der Waals surface area contributed by atoms with Gasteiger partial charge in [-0.05, 0) is 33.6 Å². The first-order valence-corrected chi connectivity index (χ1v) is 7.26. The zero-order valence-corrected chi connectivity index (χ0v) is 13.1. The Balaban J connectivity index is 2.11. The van der Waals surface area contributed by atoms with Crippen LogP contribution in [0, 0.1) is 0 Å². The van der Waals surface area contributed by atoms with Crippen LogP contribution in [0.5, 0.6) is 5.75 Å². The fraction of sp³-hybridized carbons (Fsp3) is 0.188. The Hall–Kier alpha value is -2.01. The van der Waals surface area contributed by atoms with E-state index in [9.17, 15) is 9.90 Å². The largest absolute Gasteiger partial charge is 0.495 e. The molecular formula is C16H16BrNO3. The maximum atomic E-state index is 11.4.